The fraction of sp³-hybridized carbons (Fsp3) is 0.429. The Balaban J connectivity index is 0.00000128. The quantitative estimate of drug-likeness (QED) is 0.623. The van der Waals surface area contributed by atoms with Gasteiger partial charge in [0.25, 0.3) is 0 Å². The van der Waals surface area contributed by atoms with Crippen molar-refractivity contribution >= 4 is 42.1 Å². The molecule has 1 aromatic heterocycles. The molecule has 30 heavy (non-hydrogen) atoms. The molecule has 0 spiro atoms. The number of benzene rings is 1. The van der Waals surface area contributed by atoms with Gasteiger partial charge in [-0.15, -0.1) is 36.2 Å². The third-order valence-electron chi connectivity index (χ3n) is 5.89. The Hall–Kier alpha value is -1.67. The van der Waals surface area contributed by atoms with E-state index in [-0.39, 0.29) is 30.6 Å². The van der Waals surface area contributed by atoms with Gasteiger partial charge in [-0.25, -0.2) is 14.4 Å². The van der Waals surface area contributed by atoms with Crippen LogP contribution in [-0.4, -0.2) is 24.0 Å². The Morgan fingerprint density at radius 1 is 1.07 bits per heavy atom. The van der Waals surface area contributed by atoms with Gasteiger partial charge in [-0.2, -0.15) is 0 Å². The van der Waals surface area contributed by atoms with Crippen LogP contribution in [0.3, 0.4) is 0 Å². The molecule has 162 valence electrons. The van der Waals surface area contributed by atoms with Gasteiger partial charge in [0.2, 0.25) is 0 Å². The monoisotopic (exact) mass is 469 g/mol. The third kappa shape index (κ3) is 4.21. The number of rotatable bonds is 4. The summed E-state index contributed by atoms with van der Waals surface area (Å²) in [6.07, 6.45) is 8.48. The molecular formula is C21H26Cl2FN5S. The number of nitrogens with two attached hydrogens (primary N) is 1. The van der Waals surface area contributed by atoms with Gasteiger partial charge in [-0.05, 0) is 75.0 Å². The van der Waals surface area contributed by atoms with Gasteiger partial charge in [0.05, 0.1) is 15.6 Å². The van der Waals surface area contributed by atoms with Crippen LogP contribution in [0.25, 0.3) is 11.3 Å². The van der Waals surface area contributed by atoms with Gasteiger partial charge in [0.1, 0.15) is 11.4 Å². The zero-order valence-corrected chi connectivity index (χ0v) is 18.9. The lowest BCUT2D eigenvalue weighted by Gasteiger charge is -2.29. The highest BCUT2D eigenvalue weighted by Crippen LogP contribution is 2.54. The Bertz CT molecular complexity index is 935. The van der Waals surface area contributed by atoms with E-state index in [1.807, 2.05) is 18.3 Å². The van der Waals surface area contributed by atoms with Gasteiger partial charge in [0, 0.05) is 17.7 Å². The minimum Gasteiger partial charge on any atom is -0.370 e. The predicted molar refractivity (Wildman–Crippen MR) is 125 cm³/mol. The topological polar surface area (TPSA) is 75.3 Å². The summed E-state index contributed by atoms with van der Waals surface area (Å²) in [4.78, 5) is 11.1. The van der Waals surface area contributed by atoms with E-state index >= 15 is 0 Å². The second-order valence-electron chi connectivity index (χ2n) is 7.84. The molecule has 5 nitrogen and oxygen atoms in total. The molecule has 0 amide bonds. The zero-order chi connectivity index (χ0) is 19.1. The molecule has 2 fully saturated rings. The number of guanidine groups is 1. The predicted octanol–water partition coefficient (Wildman–Crippen LogP) is 4.30. The number of aromatic nitrogens is 1. The molecule has 1 saturated heterocycles. The molecule has 3 heterocycles. The molecular weight excluding hydrogens is 444 g/mol. The van der Waals surface area contributed by atoms with Crippen LogP contribution in [0.4, 0.5) is 4.39 Å². The molecule has 1 aliphatic carbocycles. The van der Waals surface area contributed by atoms with E-state index in [0.717, 1.165) is 59.9 Å². The highest BCUT2D eigenvalue weighted by atomic mass is 35.5. The summed E-state index contributed by atoms with van der Waals surface area (Å²) in [7, 11) is 0. The Kier molecular flexibility index (Phi) is 7.07. The van der Waals surface area contributed by atoms with Crippen molar-refractivity contribution in [3.63, 3.8) is 0 Å². The highest BCUT2D eigenvalue weighted by molar-refractivity contribution is 7.12. The number of piperidine rings is 1. The van der Waals surface area contributed by atoms with Crippen molar-refractivity contribution in [2.75, 3.05) is 13.1 Å². The molecule has 2 aromatic rings. The van der Waals surface area contributed by atoms with Crippen molar-refractivity contribution in [3.05, 3.63) is 52.2 Å². The lowest BCUT2D eigenvalue weighted by atomic mass is 9.88. The second-order valence-corrected chi connectivity index (χ2v) is 8.87. The summed E-state index contributed by atoms with van der Waals surface area (Å²) < 4.78 is 13.5. The maximum absolute atomic E-state index is 13.5. The summed E-state index contributed by atoms with van der Waals surface area (Å²) in [6, 6.07) is 6.64. The molecule has 1 atom stereocenters. The standard InChI is InChI=1S/C21H24FN5S.2ClH/c22-16-5-1-13(2-6-16)17-18(28-19(26-17)14-7-10-24-11-8-14)21(15-3-4-15)9-12-25-20(23)27-21;;/h1-2,5-6,9,12,14-15,24H,3-4,7-8,10-11H2,(H3,23,25,27);2*1H. The molecule has 4 N–H and O–H groups in total. The first-order valence-electron chi connectivity index (χ1n) is 9.93. The minimum absolute atomic E-state index is 0. The van der Waals surface area contributed by atoms with Crippen molar-refractivity contribution in [2.45, 2.75) is 37.1 Å². The molecule has 5 rings (SSSR count). The first-order chi connectivity index (χ1) is 13.7. The van der Waals surface area contributed by atoms with Crippen LogP contribution in [0, 0.1) is 11.7 Å². The van der Waals surface area contributed by atoms with Gasteiger partial charge in [-0.3, -0.25) is 0 Å². The summed E-state index contributed by atoms with van der Waals surface area (Å²) >= 11 is 1.77. The summed E-state index contributed by atoms with van der Waals surface area (Å²) in [5.74, 6) is 1.10. The average Bonchev–Trinajstić information content (AvgIpc) is 3.48. The van der Waals surface area contributed by atoms with Crippen molar-refractivity contribution in [2.24, 2.45) is 16.6 Å². The number of nitrogens with one attached hydrogen (secondary N) is 2. The molecule has 3 aliphatic rings. The number of aliphatic imine (C=N–C) groups is 1. The number of hydrogen-bond acceptors (Lipinski definition) is 6. The molecule has 9 heteroatoms. The van der Waals surface area contributed by atoms with Gasteiger partial charge < -0.3 is 16.4 Å². The zero-order valence-electron chi connectivity index (χ0n) is 16.4. The molecule has 1 saturated carbocycles. The Morgan fingerprint density at radius 2 is 1.77 bits per heavy atom. The normalized spacial score (nSPS) is 23.7. The van der Waals surface area contributed by atoms with Gasteiger partial charge in [0.15, 0.2) is 5.96 Å². The number of halogens is 3. The number of hydrogen-bond donors (Lipinski definition) is 3. The lowest BCUT2D eigenvalue weighted by molar-refractivity contribution is 0.459. The first-order valence-corrected chi connectivity index (χ1v) is 10.7. The Labute approximate surface area is 192 Å². The number of nitrogens with zero attached hydrogens (tertiary/aromatic N) is 2. The van der Waals surface area contributed by atoms with Crippen molar-refractivity contribution in [1.29, 1.82) is 0 Å². The molecule has 0 bridgehead atoms. The summed E-state index contributed by atoms with van der Waals surface area (Å²) in [5.41, 5.74) is 7.48. The summed E-state index contributed by atoms with van der Waals surface area (Å²) in [5, 5.41) is 7.59. The van der Waals surface area contributed by atoms with Crippen LogP contribution in [0.1, 0.15) is 41.5 Å². The molecule has 0 radical (unpaired) electrons. The van der Waals surface area contributed by atoms with Crippen molar-refractivity contribution in [1.82, 2.24) is 15.6 Å². The van der Waals surface area contributed by atoms with Crippen LogP contribution in [0.2, 0.25) is 0 Å². The first kappa shape index (κ1) is 23.0. The van der Waals surface area contributed by atoms with Crippen LogP contribution < -0.4 is 16.4 Å². The third-order valence-corrected chi connectivity index (χ3v) is 7.25. The lowest BCUT2D eigenvalue weighted by Crippen LogP contribution is -2.38. The fourth-order valence-corrected chi connectivity index (χ4v) is 5.69. The molecule has 1 aromatic carbocycles. The second kappa shape index (κ2) is 9.22. The molecule has 2 aliphatic heterocycles. The SMILES string of the molecule is Cl.Cl.NC1=NC(c2sc(C3CCNCC3)nc2-c2ccc(F)cc2)(C2CC2)C=CN1. The van der Waals surface area contributed by atoms with E-state index in [1.165, 1.54) is 12.1 Å². The largest absolute Gasteiger partial charge is 0.370 e. The van der Waals surface area contributed by atoms with Crippen molar-refractivity contribution in [3.8, 4) is 11.3 Å². The van der Waals surface area contributed by atoms with Crippen molar-refractivity contribution < 1.29 is 4.39 Å². The van der Waals surface area contributed by atoms with Crippen LogP contribution in [-0.2, 0) is 5.54 Å². The van der Waals surface area contributed by atoms with E-state index < -0.39 is 5.54 Å². The van der Waals surface area contributed by atoms with Gasteiger partial charge in [-0.1, -0.05) is 0 Å². The van der Waals surface area contributed by atoms with E-state index in [0.29, 0.717) is 17.8 Å². The smallest absolute Gasteiger partial charge is 0.193 e. The highest BCUT2D eigenvalue weighted by Gasteiger charge is 2.49. The van der Waals surface area contributed by atoms with E-state index in [9.17, 15) is 4.39 Å². The van der Waals surface area contributed by atoms with E-state index in [2.05, 4.69) is 16.7 Å². The van der Waals surface area contributed by atoms with E-state index in [4.69, 9.17) is 15.7 Å². The van der Waals surface area contributed by atoms with E-state index in [1.54, 1.807) is 11.3 Å². The van der Waals surface area contributed by atoms with Crippen LogP contribution in [0.5, 0.6) is 0 Å². The maximum atomic E-state index is 13.5. The Morgan fingerprint density at radius 3 is 2.40 bits per heavy atom. The molecule has 1 unspecified atom stereocenters. The maximum Gasteiger partial charge on any atom is 0.193 e. The van der Waals surface area contributed by atoms with Crippen LogP contribution >= 0.6 is 36.2 Å². The minimum atomic E-state index is -0.470. The fourth-order valence-electron chi connectivity index (χ4n) is 4.24. The van der Waals surface area contributed by atoms with Crippen LogP contribution in [0.15, 0.2) is 41.5 Å². The summed E-state index contributed by atoms with van der Waals surface area (Å²) in [6.45, 7) is 2.04. The number of thiazole rings is 1. The average molecular weight is 470 g/mol. The van der Waals surface area contributed by atoms with Gasteiger partial charge >= 0.3 is 0 Å².